The number of esters is 1. The molecule has 0 saturated heterocycles. The molecule has 3 unspecified atom stereocenters. The van der Waals surface area contributed by atoms with Gasteiger partial charge in [-0.25, -0.2) is 4.57 Å². The Morgan fingerprint density at radius 2 is 0.983 bits per heavy atom. The average molecular weight is 850 g/mol. The maximum Gasteiger partial charge on any atom is 0.472 e. The SMILES string of the molecule is CC/C=C\C/C=C\C/C=C\CCCCCCCC(=O)OC(COCCCCCCCCC/C=C\C/C=C\C/C=C\CCCCCCC)COP(=O)(O)OCC(N)C(=O)O. The first-order chi connectivity index (χ1) is 28.7. The zero-order valence-corrected chi connectivity index (χ0v) is 38.0. The van der Waals surface area contributed by atoms with E-state index in [1.54, 1.807) is 0 Å². The lowest BCUT2D eigenvalue weighted by atomic mass is 10.1. The number of carbonyl (C=O) groups is 2. The van der Waals surface area contributed by atoms with Crippen LogP contribution in [-0.2, 0) is 32.7 Å². The second-order valence-corrected chi connectivity index (χ2v) is 16.6. The van der Waals surface area contributed by atoms with E-state index >= 15 is 0 Å². The van der Waals surface area contributed by atoms with Gasteiger partial charge in [-0.15, -0.1) is 0 Å². The van der Waals surface area contributed by atoms with Crippen molar-refractivity contribution in [2.75, 3.05) is 26.4 Å². The number of unbranched alkanes of at least 4 members (excludes halogenated alkanes) is 17. The maximum absolute atomic E-state index is 12.6. The minimum atomic E-state index is -4.63. The second-order valence-electron chi connectivity index (χ2n) is 15.1. The zero-order chi connectivity index (χ0) is 43.3. The van der Waals surface area contributed by atoms with Gasteiger partial charge in [-0.2, -0.15) is 0 Å². The molecular formula is C48H84NO9P. The van der Waals surface area contributed by atoms with E-state index in [0.717, 1.165) is 89.9 Å². The van der Waals surface area contributed by atoms with Crippen LogP contribution in [0.15, 0.2) is 72.9 Å². The van der Waals surface area contributed by atoms with E-state index in [1.165, 1.54) is 64.2 Å². The van der Waals surface area contributed by atoms with Gasteiger partial charge in [0.15, 0.2) is 0 Å². The Kier molecular flexibility index (Phi) is 41.6. The van der Waals surface area contributed by atoms with Crippen LogP contribution < -0.4 is 5.73 Å². The molecule has 0 aromatic rings. The maximum atomic E-state index is 12.6. The number of phosphoric ester groups is 1. The molecule has 0 rings (SSSR count). The monoisotopic (exact) mass is 850 g/mol. The Labute approximate surface area is 359 Å². The van der Waals surface area contributed by atoms with E-state index in [4.69, 9.17) is 29.4 Å². The molecule has 0 aliphatic carbocycles. The third kappa shape index (κ3) is 43.3. The molecule has 3 atom stereocenters. The van der Waals surface area contributed by atoms with Crippen LogP contribution in [0, 0.1) is 0 Å². The third-order valence-corrected chi connectivity index (χ3v) is 10.4. The van der Waals surface area contributed by atoms with Crippen LogP contribution in [0.3, 0.4) is 0 Å². The summed E-state index contributed by atoms with van der Waals surface area (Å²) < 4.78 is 33.4. The number of ether oxygens (including phenoxy) is 2. The Morgan fingerprint density at radius 1 is 0.559 bits per heavy atom. The topological polar surface area (TPSA) is 155 Å². The number of carboxylic acid groups (broad SMARTS) is 1. The fraction of sp³-hybridized carbons (Fsp3) is 0.708. The third-order valence-electron chi connectivity index (χ3n) is 9.47. The number of carboxylic acids is 1. The lowest BCUT2D eigenvalue weighted by molar-refractivity contribution is -0.154. The van der Waals surface area contributed by atoms with Crippen LogP contribution in [0.2, 0.25) is 0 Å². The van der Waals surface area contributed by atoms with E-state index in [2.05, 4.69) is 86.8 Å². The first-order valence-corrected chi connectivity index (χ1v) is 24.5. The van der Waals surface area contributed by atoms with Crippen molar-refractivity contribution in [1.29, 1.82) is 0 Å². The van der Waals surface area contributed by atoms with Crippen LogP contribution in [0.5, 0.6) is 0 Å². The molecule has 4 N–H and O–H groups in total. The summed E-state index contributed by atoms with van der Waals surface area (Å²) in [6.45, 7) is 3.70. The van der Waals surface area contributed by atoms with Gasteiger partial charge in [0.25, 0.3) is 0 Å². The number of aliphatic carboxylic acids is 1. The minimum absolute atomic E-state index is 0.000788. The number of phosphoric acid groups is 1. The number of allylic oxidation sites excluding steroid dienone is 12. The summed E-state index contributed by atoms with van der Waals surface area (Å²) in [5.74, 6) is -1.81. The van der Waals surface area contributed by atoms with Crippen molar-refractivity contribution in [3.8, 4) is 0 Å². The van der Waals surface area contributed by atoms with E-state index in [1.807, 2.05) is 0 Å². The second kappa shape index (κ2) is 43.5. The van der Waals surface area contributed by atoms with Crippen molar-refractivity contribution in [2.24, 2.45) is 5.73 Å². The van der Waals surface area contributed by atoms with Crippen LogP contribution in [0.1, 0.15) is 181 Å². The number of rotatable bonds is 43. The highest BCUT2D eigenvalue weighted by Crippen LogP contribution is 2.43. The summed E-state index contributed by atoms with van der Waals surface area (Å²) in [5, 5.41) is 8.90. The normalized spacial score (nSPS) is 14.5. The first kappa shape index (κ1) is 56.4. The summed E-state index contributed by atoms with van der Waals surface area (Å²) >= 11 is 0. The zero-order valence-electron chi connectivity index (χ0n) is 37.1. The predicted octanol–water partition coefficient (Wildman–Crippen LogP) is 13.0. The molecule has 59 heavy (non-hydrogen) atoms. The van der Waals surface area contributed by atoms with Gasteiger partial charge in [0.1, 0.15) is 12.1 Å². The van der Waals surface area contributed by atoms with Crippen LogP contribution in [0.25, 0.3) is 0 Å². The van der Waals surface area contributed by atoms with Gasteiger partial charge in [0.05, 0.1) is 19.8 Å². The van der Waals surface area contributed by atoms with Gasteiger partial charge in [-0.05, 0) is 83.5 Å². The Balaban J connectivity index is 4.24. The van der Waals surface area contributed by atoms with Crippen molar-refractivity contribution in [2.45, 2.75) is 193 Å². The smallest absolute Gasteiger partial charge is 0.472 e. The van der Waals surface area contributed by atoms with Gasteiger partial charge in [0.2, 0.25) is 0 Å². The highest BCUT2D eigenvalue weighted by Gasteiger charge is 2.27. The van der Waals surface area contributed by atoms with Gasteiger partial charge in [-0.1, -0.05) is 164 Å². The fourth-order valence-corrected chi connectivity index (χ4v) is 6.70. The number of nitrogens with two attached hydrogens (primary N) is 1. The van der Waals surface area contributed by atoms with E-state index < -0.39 is 45.1 Å². The van der Waals surface area contributed by atoms with Gasteiger partial charge < -0.3 is 25.2 Å². The molecule has 0 aliphatic heterocycles. The number of hydrogen-bond donors (Lipinski definition) is 3. The quantitative estimate of drug-likeness (QED) is 0.0234. The number of hydrogen-bond acceptors (Lipinski definition) is 8. The van der Waals surface area contributed by atoms with Crippen LogP contribution in [-0.4, -0.2) is 60.5 Å². The molecular weight excluding hydrogens is 766 g/mol. The molecule has 0 radical (unpaired) electrons. The van der Waals surface area contributed by atoms with Crippen molar-refractivity contribution < 1.29 is 42.7 Å². The Hall–Kier alpha value is -2.59. The highest BCUT2D eigenvalue weighted by atomic mass is 31.2. The molecule has 340 valence electrons. The summed E-state index contributed by atoms with van der Waals surface area (Å²) in [7, 11) is -4.63. The predicted molar refractivity (Wildman–Crippen MR) is 244 cm³/mol. The largest absolute Gasteiger partial charge is 0.480 e. The first-order valence-electron chi connectivity index (χ1n) is 23.0. The van der Waals surface area contributed by atoms with Crippen molar-refractivity contribution >= 4 is 19.8 Å². The summed E-state index contributed by atoms with van der Waals surface area (Å²) in [4.78, 5) is 33.6. The van der Waals surface area contributed by atoms with Gasteiger partial charge in [-0.3, -0.25) is 18.6 Å². The van der Waals surface area contributed by atoms with Crippen molar-refractivity contribution in [3.05, 3.63) is 72.9 Å². The summed E-state index contributed by atoms with van der Waals surface area (Å²) in [6.07, 6.45) is 53.8. The molecule has 11 heteroatoms. The average Bonchev–Trinajstić information content (AvgIpc) is 3.21. The number of carbonyl (C=O) groups excluding carboxylic acids is 1. The van der Waals surface area contributed by atoms with Crippen molar-refractivity contribution in [3.63, 3.8) is 0 Å². The van der Waals surface area contributed by atoms with Crippen LogP contribution >= 0.6 is 7.82 Å². The summed E-state index contributed by atoms with van der Waals surface area (Å²) in [6, 6.07) is -1.48. The van der Waals surface area contributed by atoms with E-state index in [-0.39, 0.29) is 13.0 Å². The molecule has 0 heterocycles. The highest BCUT2D eigenvalue weighted by molar-refractivity contribution is 7.47. The molecule has 0 bridgehead atoms. The molecule has 0 saturated carbocycles. The molecule has 0 aromatic carbocycles. The molecule has 0 spiro atoms. The molecule has 0 fully saturated rings. The molecule has 0 aromatic heterocycles. The lowest BCUT2D eigenvalue weighted by Gasteiger charge is -2.20. The van der Waals surface area contributed by atoms with E-state index in [9.17, 15) is 19.0 Å². The fourth-order valence-electron chi connectivity index (χ4n) is 5.92. The minimum Gasteiger partial charge on any atom is -0.480 e. The lowest BCUT2D eigenvalue weighted by Crippen LogP contribution is -2.34. The van der Waals surface area contributed by atoms with E-state index in [0.29, 0.717) is 13.0 Å². The van der Waals surface area contributed by atoms with Gasteiger partial charge in [0, 0.05) is 13.0 Å². The van der Waals surface area contributed by atoms with Crippen LogP contribution in [0.4, 0.5) is 0 Å². The van der Waals surface area contributed by atoms with Crippen molar-refractivity contribution in [1.82, 2.24) is 0 Å². The molecule has 0 aliphatic rings. The standard InChI is InChI=1S/C48H84NO9P/c1-3-5-7-9-11-13-15-17-19-20-21-22-23-24-25-27-29-31-33-35-37-39-41-55-42-45(43-56-59(53,54)57-44-46(49)48(51)52)58-47(50)40-38-36-34-32-30-28-26-18-16-14-12-10-8-6-4-2/h6,8,12,14-15,17-18,20-21,23-24,26,45-46H,3-5,7,9-11,13,16,19,22,25,27-44,49H2,1-2H3,(H,51,52)(H,53,54)/b8-6-,14-12-,17-15-,21-20-,24-23-,26-18-. The molecule has 0 amide bonds. The Bertz CT molecular complexity index is 1210. The van der Waals surface area contributed by atoms with Gasteiger partial charge >= 0.3 is 19.8 Å². The summed E-state index contributed by atoms with van der Waals surface area (Å²) in [5.41, 5.74) is 5.36. The Morgan fingerprint density at radius 3 is 1.47 bits per heavy atom. The molecule has 10 nitrogen and oxygen atoms in total.